The van der Waals surface area contributed by atoms with Crippen LogP contribution in [0.5, 0.6) is 0 Å². The van der Waals surface area contributed by atoms with E-state index in [9.17, 15) is 4.79 Å². The van der Waals surface area contributed by atoms with E-state index < -0.39 is 5.91 Å². The number of nitrogens with two attached hydrogens (primary N) is 1. The third-order valence-electron chi connectivity index (χ3n) is 5.33. The maximum absolute atomic E-state index is 12.9. The molecule has 1 aromatic carbocycles. The Balaban J connectivity index is 1.61. The highest BCUT2D eigenvalue weighted by molar-refractivity contribution is 6.38. The van der Waals surface area contributed by atoms with E-state index in [2.05, 4.69) is 43.0 Å². The predicted molar refractivity (Wildman–Crippen MR) is 119 cm³/mol. The zero-order valence-corrected chi connectivity index (χ0v) is 18.7. The number of nitrogens with one attached hydrogen (secondary N) is 1. The molecular formula is C19H21Cl2N9O2. The third-order valence-corrected chi connectivity index (χ3v) is 5.99. The molecule has 3 N–H and O–H groups in total. The second kappa shape index (κ2) is 9.63. The number of hydrogen-bond donors (Lipinski definition) is 2. The van der Waals surface area contributed by atoms with Crippen LogP contribution in [0.4, 0.5) is 5.82 Å². The average molecular weight is 478 g/mol. The van der Waals surface area contributed by atoms with Gasteiger partial charge in [0.1, 0.15) is 0 Å². The first-order chi connectivity index (χ1) is 15.5. The number of likely N-dealkylation sites (tertiary alicyclic amines) is 1. The molecule has 1 fully saturated rings. The van der Waals surface area contributed by atoms with Gasteiger partial charge in [0.2, 0.25) is 11.6 Å². The van der Waals surface area contributed by atoms with Gasteiger partial charge >= 0.3 is 0 Å². The van der Waals surface area contributed by atoms with Crippen molar-refractivity contribution in [1.82, 2.24) is 35.6 Å². The van der Waals surface area contributed by atoms with Crippen molar-refractivity contribution in [3.05, 3.63) is 45.2 Å². The van der Waals surface area contributed by atoms with Crippen LogP contribution in [0, 0.1) is 0 Å². The van der Waals surface area contributed by atoms with Crippen molar-refractivity contribution in [3.8, 4) is 5.82 Å². The Labute approximate surface area is 193 Å². The summed E-state index contributed by atoms with van der Waals surface area (Å²) in [4.78, 5) is 15.2. The molecule has 168 valence electrons. The molecule has 0 radical (unpaired) electrons. The van der Waals surface area contributed by atoms with Gasteiger partial charge in [-0.2, -0.15) is 9.78 Å². The van der Waals surface area contributed by atoms with Gasteiger partial charge in [0.05, 0.1) is 22.0 Å². The van der Waals surface area contributed by atoms with E-state index in [0.717, 1.165) is 19.4 Å². The molecule has 1 atom stereocenters. The Hall–Kier alpha value is -3.02. The van der Waals surface area contributed by atoms with Gasteiger partial charge in [-0.1, -0.05) is 40.9 Å². The Bertz CT molecular complexity index is 1120. The lowest BCUT2D eigenvalue weighted by molar-refractivity contribution is 0.0945. The van der Waals surface area contributed by atoms with Crippen LogP contribution < -0.4 is 11.2 Å². The van der Waals surface area contributed by atoms with E-state index in [1.165, 1.54) is 17.3 Å². The summed E-state index contributed by atoms with van der Waals surface area (Å²) in [7, 11) is 0. The van der Waals surface area contributed by atoms with Gasteiger partial charge in [-0.05, 0) is 48.8 Å². The maximum Gasteiger partial charge on any atom is 0.293 e. The molecule has 13 heteroatoms. The first kappa shape index (κ1) is 22.2. The van der Waals surface area contributed by atoms with E-state index in [0.29, 0.717) is 33.9 Å². The zero-order chi connectivity index (χ0) is 22.7. The van der Waals surface area contributed by atoms with E-state index in [1.807, 2.05) is 0 Å². The molecule has 11 nitrogen and oxygen atoms in total. The number of rotatable bonds is 6. The van der Waals surface area contributed by atoms with Gasteiger partial charge < -0.3 is 5.73 Å². The van der Waals surface area contributed by atoms with E-state index in [1.54, 1.807) is 18.2 Å². The topological polar surface area (TPSA) is 140 Å². The number of anilines is 1. The molecule has 3 heterocycles. The smallest absolute Gasteiger partial charge is 0.293 e. The number of carbonyl (C=O) groups excluding carboxylic acids is 1. The highest BCUT2D eigenvalue weighted by Crippen LogP contribution is 2.24. The number of hydrogen-bond acceptors (Lipinski definition) is 9. The molecular weight excluding hydrogens is 457 g/mol. The van der Waals surface area contributed by atoms with Crippen LogP contribution in [0.2, 0.25) is 10.0 Å². The lowest BCUT2D eigenvalue weighted by Crippen LogP contribution is -2.38. The number of nitrogens with zero attached hydrogens (tertiary/aromatic N) is 7. The SMILES string of the molecule is CC1CCCCN1Cc1c(C(=O)NN=Cc2c(Cl)cccc2Cl)nnn1-c1nonc1N. The normalized spacial score (nSPS) is 17.2. The van der Waals surface area contributed by atoms with Crippen LogP contribution in [0.1, 0.15) is 47.9 Å². The summed E-state index contributed by atoms with van der Waals surface area (Å²) >= 11 is 12.3. The van der Waals surface area contributed by atoms with Gasteiger partial charge in [-0.25, -0.2) is 10.1 Å². The molecule has 2 aromatic heterocycles. The fraction of sp³-hybridized carbons (Fsp3) is 0.368. The quantitative estimate of drug-likeness (QED) is 0.407. The number of hydrazone groups is 1. The second-order valence-corrected chi connectivity index (χ2v) is 8.23. The summed E-state index contributed by atoms with van der Waals surface area (Å²) in [5.74, 6) is -0.339. The van der Waals surface area contributed by atoms with Crippen LogP contribution >= 0.6 is 23.2 Å². The van der Waals surface area contributed by atoms with Crippen LogP contribution in [-0.2, 0) is 6.54 Å². The molecule has 1 aliphatic heterocycles. The Kier molecular flexibility index (Phi) is 6.68. The van der Waals surface area contributed by atoms with Crippen molar-refractivity contribution in [2.75, 3.05) is 12.3 Å². The zero-order valence-electron chi connectivity index (χ0n) is 17.2. The first-order valence-corrected chi connectivity index (χ1v) is 10.8. The van der Waals surface area contributed by atoms with Crippen molar-refractivity contribution in [2.45, 2.75) is 38.8 Å². The fourth-order valence-corrected chi connectivity index (χ4v) is 4.05. The summed E-state index contributed by atoms with van der Waals surface area (Å²) in [5.41, 5.74) is 9.38. The largest absolute Gasteiger partial charge is 0.378 e. The fourth-order valence-electron chi connectivity index (χ4n) is 3.56. The number of amides is 1. The summed E-state index contributed by atoms with van der Waals surface area (Å²) in [6.45, 7) is 3.46. The Morgan fingerprint density at radius 2 is 2.12 bits per heavy atom. The summed E-state index contributed by atoms with van der Waals surface area (Å²) < 4.78 is 6.07. The Morgan fingerprint density at radius 1 is 1.34 bits per heavy atom. The molecule has 3 aromatic rings. The summed E-state index contributed by atoms with van der Waals surface area (Å²) in [6.07, 6.45) is 4.69. The Morgan fingerprint density at radius 3 is 2.81 bits per heavy atom. The molecule has 1 unspecified atom stereocenters. The van der Waals surface area contributed by atoms with E-state index in [4.69, 9.17) is 33.6 Å². The van der Waals surface area contributed by atoms with Crippen LogP contribution in [0.25, 0.3) is 5.82 Å². The van der Waals surface area contributed by atoms with Crippen LogP contribution in [0.3, 0.4) is 0 Å². The van der Waals surface area contributed by atoms with Gasteiger partial charge in [0.25, 0.3) is 5.91 Å². The molecule has 0 spiro atoms. The van der Waals surface area contributed by atoms with Gasteiger partial charge in [-0.15, -0.1) is 5.10 Å². The standard InChI is InChI=1S/C19H21Cl2N9O2/c1-11-5-2-3-8-29(11)10-15-16(24-28-30(15)18-17(22)26-32-27-18)19(31)25-23-9-12-13(20)6-4-7-14(12)21/h4,6-7,9,11H,2-3,5,8,10H2,1H3,(H2,22,26)(H,25,31). The van der Waals surface area contributed by atoms with Gasteiger partial charge in [0.15, 0.2) is 5.69 Å². The molecule has 1 aliphatic rings. The minimum atomic E-state index is -0.551. The van der Waals surface area contributed by atoms with Crippen molar-refractivity contribution in [3.63, 3.8) is 0 Å². The van der Waals surface area contributed by atoms with Crippen LogP contribution in [-0.4, -0.2) is 54.9 Å². The average Bonchev–Trinajstić information content (AvgIpc) is 3.37. The molecule has 1 amide bonds. The van der Waals surface area contributed by atoms with E-state index in [-0.39, 0.29) is 17.3 Å². The molecule has 32 heavy (non-hydrogen) atoms. The minimum absolute atomic E-state index is 0.0428. The number of benzene rings is 1. The lowest BCUT2D eigenvalue weighted by Gasteiger charge is -2.33. The van der Waals surface area contributed by atoms with Crippen molar-refractivity contribution in [2.24, 2.45) is 5.10 Å². The molecule has 4 rings (SSSR count). The van der Waals surface area contributed by atoms with Gasteiger partial charge in [0, 0.05) is 18.2 Å². The highest BCUT2D eigenvalue weighted by Gasteiger charge is 2.28. The summed E-state index contributed by atoms with van der Waals surface area (Å²) in [6, 6.07) is 5.42. The first-order valence-electron chi connectivity index (χ1n) is 10.00. The van der Waals surface area contributed by atoms with Crippen LogP contribution in [0.15, 0.2) is 27.9 Å². The van der Waals surface area contributed by atoms with E-state index >= 15 is 0 Å². The van der Waals surface area contributed by atoms with Crippen molar-refractivity contribution >= 4 is 41.1 Å². The van der Waals surface area contributed by atoms with Crippen molar-refractivity contribution < 1.29 is 9.42 Å². The second-order valence-electron chi connectivity index (χ2n) is 7.42. The van der Waals surface area contributed by atoms with Crippen molar-refractivity contribution in [1.29, 1.82) is 0 Å². The number of carbonyl (C=O) groups is 1. The number of nitrogen functional groups attached to an aromatic ring is 1. The third kappa shape index (κ3) is 4.59. The highest BCUT2D eigenvalue weighted by atomic mass is 35.5. The monoisotopic (exact) mass is 477 g/mol. The number of aromatic nitrogens is 5. The number of halogens is 2. The summed E-state index contributed by atoms with van der Waals surface area (Å²) in [5, 5.41) is 20.3. The van der Waals surface area contributed by atoms with Gasteiger partial charge in [-0.3, -0.25) is 9.69 Å². The predicted octanol–water partition coefficient (Wildman–Crippen LogP) is 2.68. The minimum Gasteiger partial charge on any atom is -0.378 e. The number of piperidine rings is 1. The molecule has 1 saturated heterocycles. The molecule has 0 aliphatic carbocycles. The molecule has 0 bridgehead atoms. The lowest BCUT2D eigenvalue weighted by atomic mass is 10.0. The molecule has 0 saturated carbocycles. The maximum atomic E-state index is 12.9.